The van der Waals surface area contributed by atoms with E-state index in [2.05, 4.69) is 4.74 Å². The Balaban J connectivity index is 2.39. The van der Waals surface area contributed by atoms with Gasteiger partial charge in [0.2, 0.25) is 0 Å². The Morgan fingerprint density at radius 1 is 1.00 bits per heavy atom. The van der Waals surface area contributed by atoms with E-state index in [0.29, 0.717) is 11.8 Å². The van der Waals surface area contributed by atoms with E-state index in [4.69, 9.17) is 0 Å². The van der Waals surface area contributed by atoms with Crippen LogP contribution in [0.4, 0.5) is 17.6 Å². The molecule has 0 aliphatic carbocycles. The molecule has 0 fully saturated rings. The Kier molecular flexibility index (Phi) is 5.07. The molecule has 2 rings (SSSR count). The van der Waals surface area contributed by atoms with Gasteiger partial charge < -0.3 is 4.74 Å². The lowest BCUT2D eigenvalue weighted by molar-refractivity contribution is 0.0586. The number of benzene rings is 2. The molecule has 0 bridgehead atoms. The van der Waals surface area contributed by atoms with Gasteiger partial charge in [0.15, 0.2) is 23.3 Å². The van der Waals surface area contributed by atoms with Crippen molar-refractivity contribution < 1.29 is 27.1 Å². The molecule has 0 amide bonds. The molecule has 0 radical (unpaired) electrons. The monoisotopic (exact) mass is 330 g/mol. The molecule has 0 aliphatic rings. The smallest absolute Gasteiger partial charge is 0.344 e. The van der Waals surface area contributed by atoms with Gasteiger partial charge in [-0.3, -0.25) is 0 Å². The molecular weight excluding hydrogens is 320 g/mol. The van der Waals surface area contributed by atoms with Gasteiger partial charge in [0, 0.05) is 5.75 Å². The molecular formula is C15H10F4O2S. The van der Waals surface area contributed by atoms with Gasteiger partial charge in [-0.25, -0.2) is 22.4 Å². The zero-order chi connectivity index (χ0) is 16.3. The van der Waals surface area contributed by atoms with E-state index in [1.165, 1.54) is 0 Å². The van der Waals surface area contributed by atoms with Crippen LogP contribution >= 0.6 is 11.8 Å². The molecule has 0 N–H and O–H groups in total. The maximum Gasteiger partial charge on any atom is 0.344 e. The number of ether oxygens (including phenoxy) is 1. The van der Waals surface area contributed by atoms with Gasteiger partial charge >= 0.3 is 5.97 Å². The fourth-order valence-corrected chi connectivity index (χ4v) is 2.69. The zero-order valence-corrected chi connectivity index (χ0v) is 12.1. The maximum atomic E-state index is 13.9. The number of carbonyl (C=O) groups is 1. The van der Waals surface area contributed by atoms with Crippen LogP contribution in [0.2, 0.25) is 0 Å². The topological polar surface area (TPSA) is 26.3 Å². The summed E-state index contributed by atoms with van der Waals surface area (Å²) in [6.45, 7) is 0. The second-order valence-corrected chi connectivity index (χ2v) is 5.21. The lowest BCUT2D eigenvalue weighted by atomic mass is 10.2. The fraction of sp³-hybridized carbons (Fsp3) is 0.133. The van der Waals surface area contributed by atoms with Crippen molar-refractivity contribution >= 4 is 17.7 Å². The van der Waals surface area contributed by atoms with E-state index in [-0.39, 0.29) is 5.75 Å². The van der Waals surface area contributed by atoms with E-state index in [1.54, 1.807) is 30.3 Å². The van der Waals surface area contributed by atoms with Crippen LogP contribution in [-0.4, -0.2) is 13.1 Å². The molecule has 0 unspecified atom stereocenters. The second-order valence-electron chi connectivity index (χ2n) is 4.23. The molecule has 7 heteroatoms. The quantitative estimate of drug-likeness (QED) is 0.361. The summed E-state index contributed by atoms with van der Waals surface area (Å²) >= 11 is 0.601. The first-order chi connectivity index (χ1) is 10.5. The molecule has 116 valence electrons. The van der Waals surface area contributed by atoms with Gasteiger partial charge in [-0.05, 0) is 5.56 Å². The Bertz CT molecular complexity index is 675. The highest BCUT2D eigenvalue weighted by atomic mass is 32.2. The van der Waals surface area contributed by atoms with Gasteiger partial charge in [-0.1, -0.05) is 30.3 Å². The summed E-state index contributed by atoms with van der Waals surface area (Å²) < 4.78 is 59.4. The number of methoxy groups -OCH3 is 1. The molecule has 0 aliphatic heterocycles. The third-order valence-corrected chi connectivity index (χ3v) is 3.96. The van der Waals surface area contributed by atoms with Crippen LogP contribution in [0.1, 0.15) is 15.9 Å². The average Bonchev–Trinajstić information content (AvgIpc) is 2.54. The Hall–Kier alpha value is -2.02. The minimum Gasteiger partial charge on any atom is -0.465 e. The lowest BCUT2D eigenvalue weighted by Gasteiger charge is -2.10. The highest BCUT2D eigenvalue weighted by molar-refractivity contribution is 7.98. The van der Waals surface area contributed by atoms with Gasteiger partial charge in [-0.15, -0.1) is 11.8 Å². The summed E-state index contributed by atoms with van der Waals surface area (Å²) in [5.74, 6) is -8.11. The van der Waals surface area contributed by atoms with Crippen molar-refractivity contribution in [2.45, 2.75) is 10.6 Å². The summed E-state index contributed by atoms with van der Waals surface area (Å²) in [7, 11) is 0.856. The predicted octanol–water partition coefficient (Wildman–Crippen LogP) is 4.32. The van der Waals surface area contributed by atoms with Crippen molar-refractivity contribution in [1.82, 2.24) is 0 Å². The first kappa shape index (κ1) is 16.4. The van der Waals surface area contributed by atoms with E-state index in [0.717, 1.165) is 12.7 Å². The van der Waals surface area contributed by atoms with Crippen molar-refractivity contribution in [3.05, 3.63) is 64.7 Å². The largest absolute Gasteiger partial charge is 0.465 e. The van der Waals surface area contributed by atoms with Crippen molar-refractivity contribution in [3.8, 4) is 0 Å². The molecule has 0 saturated carbocycles. The highest BCUT2D eigenvalue weighted by Gasteiger charge is 2.30. The first-order valence-electron chi connectivity index (χ1n) is 6.08. The van der Waals surface area contributed by atoms with E-state index >= 15 is 0 Å². The molecule has 0 heterocycles. The number of thioether (sulfide) groups is 1. The number of hydrogen-bond acceptors (Lipinski definition) is 3. The lowest BCUT2D eigenvalue weighted by Crippen LogP contribution is -2.13. The summed E-state index contributed by atoms with van der Waals surface area (Å²) in [4.78, 5) is 10.4. The van der Waals surface area contributed by atoms with Crippen LogP contribution in [0.3, 0.4) is 0 Å². The maximum absolute atomic E-state index is 13.9. The summed E-state index contributed by atoms with van der Waals surface area (Å²) in [6, 6.07) is 8.63. The Labute approximate surface area is 128 Å². The molecule has 2 aromatic rings. The minimum absolute atomic E-state index is 0.116. The number of halogens is 4. The van der Waals surface area contributed by atoms with Gasteiger partial charge in [0.05, 0.1) is 12.0 Å². The highest BCUT2D eigenvalue weighted by Crippen LogP contribution is 2.33. The van der Waals surface area contributed by atoms with Crippen LogP contribution in [0.15, 0.2) is 35.2 Å². The molecule has 0 saturated heterocycles. The SMILES string of the molecule is COC(=O)c1c(F)c(F)c(SCc2ccccc2)c(F)c1F. The van der Waals surface area contributed by atoms with Crippen molar-refractivity contribution in [3.63, 3.8) is 0 Å². The third-order valence-electron chi connectivity index (χ3n) is 2.84. The number of esters is 1. The Morgan fingerprint density at radius 3 is 2.05 bits per heavy atom. The number of rotatable bonds is 4. The van der Waals surface area contributed by atoms with E-state index in [1.807, 2.05) is 0 Å². The van der Waals surface area contributed by atoms with E-state index < -0.39 is 39.7 Å². The van der Waals surface area contributed by atoms with E-state index in [9.17, 15) is 22.4 Å². The number of hydrogen-bond donors (Lipinski definition) is 0. The molecule has 22 heavy (non-hydrogen) atoms. The molecule has 2 nitrogen and oxygen atoms in total. The fourth-order valence-electron chi connectivity index (χ4n) is 1.75. The molecule has 0 atom stereocenters. The summed E-state index contributed by atoms with van der Waals surface area (Å²) in [5.41, 5.74) is -0.647. The first-order valence-corrected chi connectivity index (χ1v) is 7.07. The predicted molar refractivity (Wildman–Crippen MR) is 73.6 cm³/mol. The van der Waals surface area contributed by atoms with Crippen molar-refractivity contribution in [2.24, 2.45) is 0 Å². The van der Waals surface area contributed by atoms with Crippen LogP contribution < -0.4 is 0 Å². The summed E-state index contributed by atoms with van der Waals surface area (Å²) in [5, 5.41) is 0. The van der Waals surface area contributed by atoms with Crippen molar-refractivity contribution in [1.29, 1.82) is 0 Å². The number of carbonyl (C=O) groups excluding carboxylic acids is 1. The second kappa shape index (κ2) is 6.83. The summed E-state index contributed by atoms with van der Waals surface area (Å²) in [6.07, 6.45) is 0. The molecule has 0 aromatic heterocycles. The average molecular weight is 330 g/mol. The normalized spacial score (nSPS) is 10.6. The van der Waals surface area contributed by atoms with Crippen LogP contribution in [0.25, 0.3) is 0 Å². The molecule has 0 spiro atoms. The van der Waals surface area contributed by atoms with Gasteiger partial charge in [0.1, 0.15) is 5.56 Å². The third kappa shape index (κ3) is 3.09. The Morgan fingerprint density at radius 2 is 1.55 bits per heavy atom. The zero-order valence-electron chi connectivity index (χ0n) is 11.3. The van der Waals surface area contributed by atoms with Crippen LogP contribution in [0.5, 0.6) is 0 Å². The van der Waals surface area contributed by atoms with Crippen LogP contribution in [-0.2, 0) is 10.5 Å². The molecule has 2 aromatic carbocycles. The van der Waals surface area contributed by atoms with Crippen LogP contribution in [0, 0.1) is 23.3 Å². The van der Waals surface area contributed by atoms with Crippen molar-refractivity contribution in [2.75, 3.05) is 7.11 Å². The van der Waals surface area contributed by atoms with Gasteiger partial charge in [0.25, 0.3) is 0 Å². The minimum atomic E-state index is -1.76. The van der Waals surface area contributed by atoms with Gasteiger partial charge in [-0.2, -0.15) is 0 Å². The standard InChI is InChI=1S/C15H10F4O2S/c1-21-15(20)9-10(16)12(18)14(13(19)11(9)17)22-7-8-5-3-2-4-6-8/h2-6H,7H2,1H3.